The van der Waals surface area contributed by atoms with Crippen molar-refractivity contribution in [3.8, 4) is 0 Å². The van der Waals surface area contributed by atoms with E-state index in [9.17, 15) is 18.5 Å². The van der Waals surface area contributed by atoms with Crippen LogP contribution in [0.2, 0.25) is 0 Å². The largest absolute Gasteiger partial charge is 0.385 e. The highest BCUT2D eigenvalue weighted by Crippen LogP contribution is 2.34. The second kappa shape index (κ2) is 7.00. The third-order valence-electron chi connectivity index (χ3n) is 2.78. The van der Waals surface area contributed by atoms with E-state index in [1.165, 1.54) is 0 Å². The Kier molecular flexibility index (Phi) is 5.90. The van der Waals surface area contributed by atoms with Gasteiger partial charge in [-0.15, -0.1) is 0 Å². The molecule has 0 aromatic carbocycles. The Bertz CT molecular complexity index is 568. The molecule has 20 heavy (non-hydrogen) atoms. The molecule has 0 saturated heterocycles. The third-order valence-corrected chi connectivity index (χ3v) is 5.79. The van der Waals surface area contributed by atoms with Crippen molar-refractivity contribution in [1.82, 2.24) is 4.72 Å². The van der Waals surface area contributed by atoms with Gasteiger partial charge in [0.05, 0.1) is 4.92 Å². The van der Waals surface area contributed by atoms with Crippen molar-refractivity contribution in [1.29, 1.82) is 0 Å². The molecule has 1 rings (SSSR count). The number of unbranched alkanes of at least 4 members (excludes halogenated alkanes) is 2. The molecule has 0 aliphatic rings. The molecule has 0 bridgehead atoms. The van der Waals surface area contributed by atoms with Gasteiger partial charge in [0.2, 0.25) is 0 Å². The number of rotatable bonds is 8. The average Bonchev–Trinajstić information content (AvgIpc) is 2.72. The molecule has 1 unspecified atom stereocenters. The summed E-state index contributed by atoms with van der Waals surface area (Å²) in [5.74, 6) is 0. The molecule has 9 heteroatoms. The highest BCUT2D eigenvalue weighted by Gasteiger charge is 2.25. The monoisotopic (exact) mass is 321 g/mol. The Balaban J connectivity index is 2.78. The molecule has 0 aliphatic heterocycles. The van der Waals surface area contributed by atoms with Gasteiger partial charge in [0.15, 0.2) is 5.00 Å². The number of hydrogen-bond acceptors (Lipinski definition) is 6. The van der Waals surface area contributed by atoms with Crippen LogP contribution in [-0.2, 0) is 10.0 Å². The summed E-state index contributed by atoms with van der Waals surface area (Å²) in [4.78, 5) is 9.99. The van der Waals surface area contributed by atoms with E-state index in [-0.39, 0.29) is 20.9 Å². The van der Waals surface area contributed by atoms with Crippen LogP contribution >= 0.6 is 11.3 Å². The molecular formula is C11H19N3O4S2. The van der Waals surface area contributed by atoms with Crippen molar-refractivity contribution in [3.05, 3.63) is 16.2 Å². The molecule has 3 N–H and O–H groups in total. The normalized spacial score (nSPS) is 13.3. The van der Waals surface area contributed by atoms with Crippen LogP contribution in [0.4, 0.5) is 10.7 Å². The van der Waals surface area contributed by atoms with Crippen molar-refractivity contribution in [2.45, 2.75) is 49.8 Å². The van der Waals surface area contributed by atoms with Gasteiger partial charge in [0, 0.05) is 12.1 Å². The first-order valence-corrected chi connectivity index (χ1v) is 8.64. The minimum Gasteiger partial charge on any atom is -0.385 e. The van der Waals surface area contributed by atoms with E-state index in [0.29, 0.717) is 11.3 Å². The first-order chi connectivity index (χ1) is 9.27. The van der Waals surface area contributed by atoms with Gasteiger partial charge in [0.1, 0.15) is 4.21 Å². The van der Waals surface area contributed by atoms with Crippen LogP contribution in [0.1, 0.15) is 39.5 Å². The minimum atomic E-state index is -3.75. The molecule has 1 aromatic rings. The van der Waals surface area contributed by atoms with Crippen LogP contribution in [0.5, 0.6) is 0 Å². The zero-order chi connectivity index (χ0) is 15.3. The van der Waals surface area contributed by atoms with Crippen molar-refractivity contribution in [3.63, 3.8) is 0 Å². The van der Waals surface area contributed by atoms with Crippen LogP contribution in [0, 0.1) is 10.1 Å². The van der Waals surface area contributed by atoms with Gasteiger partial charge in [-0.1, -0.05) is 37.5 Å². The van der Waals surface area contributed by atoms with E-state index in [1.807, 2.05) is 0 Å². The number of nitro groups is 1. The van der Waals surface area contributed by atoms with Crippen LogP contribution in [0.15, 0.2) is 10.3 Å². The van der Waals surface area contributed by atoms with Gasteiger partial charge in [-0.2, -0.15) is 0 Å². The molecule has 1 aromatic heterocycles. The first-order valence-electron chi connectivity index (χ1n) is 6.34. The fourth-order valence-corrected chi connectivity index (χ4v) is 4.24. The Labute approximate surface area is 122 Å². The fourth-order valence-electron chi connectivity index (χ4n) is 1.73. The van der Waals surface area contributed by atoms with E-state index in [0.717, 1.165) is 31.7 Å². The quantitative estimate of drug-likeness (QED) is 0.433. The third kappa shape index (κ3) is 4.43. The highest BCUT2D eigenvalue weighted by molar-refractivity contribution is 7.91. The van der Waals surface area contributed by atoms with E-state index >= 15 is 0 Å². The highest BCUT2D eigenvalue weighted by atomic mass is 32.2. The summed E-state index contributed by atoms with van der Waals surface area (Å²) in [5, 5.41) is 10.6. The van der Waals surface area contributed by atoms with Crippen molar-refractivity contribution < 1.29 is 13.3 Å². The topological polar surface area (TPSA) is 115 Å². The van der Waals surface area contributed by atoms with Crippen molar-refractivity contribution in [2.24, 2.45) is 0 Å². The van der Waals surface area contributed by atoms with E-state index in [1.54, 1.807) is 6.92 Å². The van der Waals surface area contributed by atoms with Crippen LogP contribution < -0.4 is 10.5 Å². The standard InChI is InChI=1S/C11H19N3O4S2/c1-3-4-5-6-8(2)13-20(17,18)10-7-9(14(15)16)11(12)19-10/h7-8,13H,3-6,12H2,1-2H3. The molecule has 0 aliphatic carbocycles. The predicted molar refractivity (Wildman–Crippen MR) is 79.3 cm³/mol. The minimum absolute atomic E-state index is 0.103. The molecule has 0 amide bonds. The smallest absolute Gasteiger partial charge is 0.304 e. The SMILES string of the molecule is CCCCCC(C)NS(=O)(=O)c1cc([N+](=O)[O-])c(N)s1. The fraction of sp³-hybridized carbons (Fsp3) is 0.636. The molecule has 0 fully saturated rings. The maximum atomic E-state index is 12.1. The Morgan fingerprint density at radius 2 is 2.15 bits per heavy atom. The summed E-state index contributed by atoms with van der Waals surface area (Å²) in [7, 11) is -3.75. The van der Waals surface area contributed by atoms with E-state index < -0.39 is 14.9 Å². The first kappa shape index (κ1) is 16.9. The summed E-state index contributed by atoms with van der Waals surface area (Å²) in [6.07, 6.45) is 3.78. The molecular weight excluding hydrogens is 302 g/mol. The number of nitrogens with one attached hydrogen (secondary N) is 1. The summed E-state index contributed by atoms with van der Waals surface area (Å²) in [6, 6.07) is 0.787. The van der Waals surface area contributed by atoms with Gasteiger partial charge in [-0.05, 0) is 13.3 Å². The second-order valence-corrected chi connectivity index (χ2v) is 7.61. The van der Waals surface area contributed by atoms with E-state index in [4.69, 9.17) is 5.73 Å². The second-order valence-electron chi connectivity index (χ2n) is 4.59. The Morgan fingerprint density at radius 3 is 2.65 bits per heavy atom. The van der Waals surface area contributed by atoms with Crippen molar-refractivity contribution in [2.75, 3.05) is 5.73 Å². The molecule has 0 radical (unpaired) electrons. The lowest BCUT2D eigenvalue weighted by Crippen LogP contribution is -2.32. The van der Waals surface area contributed by atoms with Gasteiger partial charge >= 0.3 is 5.69 Å². The number of nitrogens with two attached hydrogens (primary N) is 1. The maximum absolute atomic E-state index is 12.1. The Morgan fingerprint density at radius 1 is 1.50 bits per heavy atom. The molecule has 1 atom stereocenters. The molecule has 7 nitrogen and oxygen atoms in total. The van der Waals surface area contributed by atoms with Gasteiger partial charge in [-0.25, -0.2) is 13.1 Å². The Hall–Kier alpha value is -1.19. The number of nitrogen functional groups attached to an aromatic ring is 1. The number of sulfonamides is 1. The van der Waals surface area contributed by atoms with Gasteiger partial charge < -0.3 is 5.73 Å². The van der Waals surface area contributed by atoms with Crippen LogP contribution in [0.25, 0.3) is 0 Å². The molecule has 0 saturated carbocycles. The average molecular weight is 321 g/mol. The lowest BCUT2D eigenvalue weighted by molar-refractivity contribution is -0.383. The molecule has 0 spiro atoms. The summed E-state index contributed by atoms with van der Waals surface area (Å²) < 4.78 is 26.6. The lowest BCUT2D eigenvalue weighted by atomic mass is 10.1. The number of hydrogen-bond donors (Lipinski definition) is 2. The summed E-state index contributed by atoms with van der Waals surface area (Å²) in [6.45, 7) is 3.85. The number of nitrogens with zero attached hydrogens (tertiary/aromatic N) is 1. The zero-order valence-corrected chi connectivity index (χ0v) is 13.1. The van der Waals surface area contributed by atoms with E-state index in [2.05, 4.69) is 11.6 Å². The summed E-state index contributed by atoms with van der Waals surface area (Å²) >= 11 is 0.706. The maximum Gasteiger partial charge on any atom is 0.304 e. The number of thiophene rings is 1. The zero-order valence-electron chi connectivity index (χ0n) is 11.5. The molecule has 114 valence electrons. The van der Waals surface area contributed by atoms with Gasteiger partial charge in [-0.3, -0.25) is 10.1 Å². The predicted octanol–water partition coefficient (Wildman–Crippen LogP) is 2.49. The van der Waals surface area contributed by atoms with Gasteiger partial charge in [0.25, 0.3) is 10.0 Å². The van der Waals surface area contributed by atoms with Crippen LogP contribution in [0.3, 0.4) is 0 Å². The van der Waals surface area contributed by atoms with Crippen molar-refractivity contribution >= 4 is 32.0 Å². The molecule has 1 heterocycles. The summed E-state index contributed by atoms with van der Waals surface area (Å²) in [5.41, 5.74) is 5.09. The number of anilines is 1. The van der Waals surface area contributed by atoms with Crippen LogP contribution in [-0.4, -0.2) is 19.4 Å². The lowest BCUT2D eigenvalue weighted by Gasteiger charge is -2.12.